The number of amides is 1. The van der Waals surface area contributed by atoms with Gasteiger partial charge in [-0.2, -0.15) is 12.6 Å². The predicted molar refractivity (Wildman–Crippen MR) is 61.7 cm³/mol. The molecule has 0 bridgehead atoms. The van der Waals surface area contributed by atoms with E-state index in [2.05, 4.69) is 22.9 Å². The van der Waals surface area contributed by atoms with Gasteiger partial charge in [-0.05, 0) is 18.6 Å². The van der Waals surface area contributed by atoms with Crippen LogP contribution in [0.3, 0.4) is 0 Å². The molecule has 1 atom stereocenters. The van der Waals surface area contributed by atoms with E-state index in [1.165, 1.54) is 6.20 Å². The summed E-state index contributed by atoms with van der Waals surface area (Å²) in [6.45, 7) is 1.73. The van der Waals surface area contributed by atoms with Crippen molar-refractivity contribution in [3.8, 4) is 0 Å². The molecular formula is C10H12N2O3S. The van der Waals surface area contributed by atoms with Crippen molar-refractivity contribution in [2.75, 3.05) is 5.75 Å². The van der Waals surface area contributed by atoms with E-state index in [-0.39, 0.29) is 11.4 Å². The van der Waals surface area contributed by atoms with Crippen LogP contribution >= 0.6 is 12.6 Å². The van der Waals surface area contributed by atoms with E-state index < -0.39 is 17.9 Å². The summed E-state index contributed by atoms with van der Waals surface area (Å²) in [6, 6.07) is 2.44. The molecule has 0 saturated carbocycles. The summed E-state index contributed by atoms with van der Waals surface area (Å²) in [5, 5.41) is 11.1. The molecule has 86 valence electrons. The van der Waals surface area contributed by atoms with Crippen LogP contribution in [-0.4, -0.2) is 33.8 Å². The number of rotatable bonds is 4. The molecule has 1 aromatic heterocycles. The molecular weight excluding hydrogens is 228 g/mol. The molecule has 0 saturated heterocycles. The third-order valence-corrected chi connectivity index (χ3v) is 2.38. The van der Waals surface area contributed by atoms with Gasteiger partial charge in [0.25, 0.3) is 5.91 Å². The molecule has 6 heteroatoms. The average molecular weight is 240 g/mol. The second-order valence-corrected chi connectivity index (χ2v) is 3.58. The average Bonchev–Trinajstić information content (AvgIpc) is 2.25. The number of aliphatic carboxylic acids is 1. The van der Waals surface area contributed by atoms with Crippen molar-refractivity contribution in [2.45, 2.75) is 13.0 Å². The lowest BCUT2D eigenvalue weighted by molar-refractivity contribution is -0.138. The van der Waals surface area contributed by atoms with E-state index in [9.17, 15) is 9.59 Å². The highest BCUT2D eigenvalue weighted by atomic mass is 32.1. The molecule has 5 nitrogen and oxygen atoms in total. The number of pyridine rings is 1. The van der Waals surface area contributed by atoms with Crippen LogP contribution in [0.1, 0.15) is 16.1 Å². The van der Waals surface area contributed by atoms with Crippen molar-refractivity contribution in [1.82, 2.24) is 10.3 Å². The van der Waals surface area contributed by atoms with Gasteiger partial charge in [0, 0.05) is 11.9 Å². The van der Waals surface area contributed by atoms with Gasteiger partial charge in [0.05, 0.1) is 0 Å². The largest absolute Gasteiger partial charge is 0.480 e. The Kier molecular flexibility index (Phi) is 4.30. The van der Waals surface area contributed by atoms with Gasteiger partial charge < -0.3 is 10.4 Å². The lowest BCUT2D eigenvalue weighted by atomic mass is 10.2. The quantitative estimate of drug-likeness (QED) is 0.670. The first-order valence-electron chi connectivity index (χ1n) is 4.62. The van der Waals surface area contributed by atoms with Gasteiger partial charge in [0.15, 0.2) is 0 Å². The molecule has 1 amide bonds. The van der Waals surface area contributed by atoms with Crippen LogP contribution in [0.5, 0.6) is 0 Å². The topological polar surface area (TPSA) is 79.3 Å². The van der Waals surface area contributed by atoms with Crippen molar-refractivity contribution in [2.24, 2.45) is 0 Å². The Morgan fingerprint density at radius 2 is 2.31 bits per heavy atom. The lowest BCUT2D eigenvalue weighted by Gasteiger charge is -2.12. The molecule has 0 aliphatic carbocycles. The van der Waals surface area contributed by atoms with Crippen LogP contribution in [0, 0.1) is 6.92 Å². The highest BCUT2D eigenvalue weighted by Gasteiger charge is 2.20. The second kappa shape index (κ2) is 5.50. The van der Waals surface area contributed by atoms with Crippen LogP contribution in [0.2, 0.25) is 0 Å². The number of aromatic nitrogens is 1. The number of hydrogen-bond acceptors (Lipinski definition) is 4. The van der Waals surface area contributed by atoms with Crippen LogP contribution in [0.25, 0.3) is 0 Å². The maximum absolute atomic E-state index is 11.7. The van der Waals surface area contributed by atoms with E-state index in [0.29, 0.717) is 5.56 Å². The Balaban J connectivity index is 2.80. The summed E-state index contributed by atoms with van der Waals surface area (Å²) < 4.78 is 0. The molecule has 0 fully saturated rings. The Morgan fingerprint density at radius 3 is 2.81 bits per heavy atom. The Morgan fingerprint density at radius 1 is 1.62 bits per heavy atom. The molecule has 1 heterocycles. The summed E-state index contributed by atoms with van der Waals surface area (Å²) in [7, 11) is 0. The number of nitrogens with one attached hydrogen (secondary N) is 1. The summed E-state index contributed by atoms with van der Waals surface area (Å²) >= 11 is 3.85. The number of carboxylic acid groups (broad SMARTS) is 1. The lowest BCUT2D eigenvalue weighted by Crippen LogP contribution is -2.42. The number of carbonyl (C=O) groups is 2. The van der Waals surface area contributed by atoms with Crippen LogP contribution < -0.4 is 5.32 Å². The fourth-order valence-electron chi connectivity index (χ4n) is 1.14. The summed E-state index contributed by atoms with van der Waals surface area (Å²) in [5.41, 5.74) is 0.929. The maximum atomic E-state index is 11.7. The molecule has 0 aliphatic heterocycles. The van der Waals surface area contributed by atoms with Gasteiger partial charge in [0.2, 0.25) is 0 Å². The summed E-state index contributed by atoms with van der Waals surface area (Å²) in [5.74, 6) is -1.58. The summed E-state index contributed by atoms with van der Waals surface area (Å²) in [4.78, 5) is 26.3. The maximum Gasteiger partial charge on any atom is 0.327 e. The molecule has 0 spiro atoms. The first-order valence-corrected chi connectivity index (χ1v) is 5.25. The number of carbonyl (C=O) groups excluding carboxylic acids is 1. The first kappa shape index (κ1) is 12.5. The SMILES string of the molecule is Cc1cccnc1C(=O)N[C@@H](CS)C(=O)O. The van der Waals surface area contributed by atoms with Crippen molar-refractivity contribution < 1.29 is 14.7 Å². The monoisotopic (exact) mass is 240 g/mol. The molecule has 0 radical (unpaired) electrons. The zero-order valence-corrected chi connectivity index (χ0v) is 9.57. The van der Waals surface area contributed by atoms with E-state index in [1.54, 1.807) is 19.1 Å². The minimum absolute atomic E-state index is 0.0347. The van der Waals surface area contributed by atoms with E-state index in [0.717, 1.165) is 0 Å². The van der Waals surface area contributed by atoms with Crippen molar-refractivity contribution in [1.29, 1.82) is 0 Å². The fourth-order valence-corrected chi connectivity index (χ4v) is 1.38. The number of carboxylic acids is 1. The molecule has 2 N–H and O–H groups in total. The number of thiol groups is 1. The zero-order chi connectivity index (χ0) is 12.1. The van der Waals surface area contributed by atoms with Crippen molar-refractivity contribution in [3.05, 3.63) is 29.6 Å². The highest BCUT2D eigenvalue weighted by molar-refractivity contribution is 7.80. The number of aryl methyl sites for hydroxylation is 1. The standard InChI is InChI=1S/C10H12N2O3S/c1-6-3-2-4-11-8(6)9(13)12-7(5-16)10(14)15/h2-4,7,16H,5H2,1H3,(H,12,13)(H,14,15)/t7-/m0/s1. The predicted octanol–water partition coefficient (Wildman–Crippen LogP) is 0.503. The minimum atomic E-state index is -1.11. The third-order valence-electron chi connectivity index (χ3n) is 2.01. The summed E-state index contributed by atoms with van der Waals surface area (Å²) in [6.07, 6.45) is 1.48. The zero-order valence-electron chi connectivity index (χ0n) is 8.67. The fraction of sp³-hybridized carbons (Fsp3) is 0.300. The van der Waals surface area contributed by atoms with Gasteiger partial charge in [-0.25, -0.2) is 4.79 Å². The van der Waals surface area contributed by atoms with E-state index >= 15 is 0 Å². The molecule has 0 unspecified atom stereocenters. The Labute approximate surface area is 98.3 Å². The van der Waals surface area contributed by atoms with Crippen molar-refractivity contribution in [3.63, 3.8) is 0 Å². The van der Waals surface area contributed by atoms with Crippen LogP contribution in [-0.2, 0) is 4.79 Å². The van der Waals surface area contributed by atoms with E-state index in [1.807, 2.05) is 0 Å². The van der Waals surface area contributed by atoms with Gasteiger partial charge in [-0.1, -0.05) is 6.07 Å². The molecule has 0 aromatic carbocycles. The second-order valence-electron chi connectivity index (χ2n) is 3.22. The van der Waals surface area contributed by atoms with Crippen LogP contribution in [0.15, 0.2) is 18.3 Å². The Bertz CT molecular complexity index is 409. The Hall–Kier alpha value is -1.56. The number of hydrogen-bond donors (Lipinski definition) is 3. The van der Waals surface area contributed by atoms with Gasteiger partial charge >= 0.3 is 5.97 Å². The minimum Gasteiger partial charge on any atom is -0.480 e. The van der Waals surface area contributed by atoms with Crippen molar-refractivity contribution >= 4 is 24.5 Å². The highest BCUT2D eigenvalue weighted by Crippen LogP contribution is 2.03. The van der Waals surface area contributed by atoms with Crippen LogP contribution in [0.4, 0.5) is 0 Å². The van der Waals surface area contributed by atoms with Gasteiger partial charge in [-0.3, -0.25) is 9.78 Å². The first-order chi connectivity index (χ1) is 7.56. The smallest absolute Gasteiger partial charge is 0.327 e. The normalized spacial score (nSPS) is 11.9. The molecule has 16 heavy (non-hydrogen) atoms. The molecule has 1 aromatic rings. The van der Waals surface area contributed by atoms with Gasteiger partial charge in [-0.15, -0.1) is 0 Å². The third kappa shape index (κ3) is 2.96. The number of nitrogens with zero attached hydrogens (tertiary/aromatic N) is 1. The van der Waals surface area contributed by atoms with E-state index in [4.69, 9.17) is 5.11 Å². The molecule has 1 rings (SSSR count). The van der Waals surface area contributed by atoms with Gasteiger partial charge in [0.1, 0.15) is 11.7 Å². The molecule has 0 aliphatic rings.